The Morgan fingerprint density at radius 2 is 2.38 bits per heavy atom. The van der Waals surface area contributed by atoms with Gasteiger partial charge in [-0.2, -0.15) is 5.26 Å². The number of aromatic nitrogens is 1. The fourth-order valence-electron chi connectivity index (χ4n) is 1.53. The maximum atomic E-state index is 8.82. The van der Waals surface area contributed by atoms with E-state index in [1.54, 1.807) is 7.11 Å². The maximum Gasteiger partial charge on any atom is 0.120 e. The van der Waals surface area contributed by atoms with Crippen LogP contribution in [0.25, 0.3) is 0 Å². The lowest BCUT2D eigenvalue weighted by Gasteiger charge is -2.12. The molecule has 88 valence electrons. The molecule has 0 spiro atoms. The molecule has 16 heavy (non-hydrogen) atoms. The molecular formula is C12H19N3O. The number of hydrogen-bond donors (Lipinski definition) is 1. The molecule has 0 saturated heterocycles. The van der Waals surface area contributed by atoms with E-state index >= 15 is 0 Å². The highest BCUT2D eigenvalue weighted by molar-refractivity contribution is 5.28. The number of rotatable bonds is 6. The molecular weight excluding hydrogens is 202 g/mol. The highest BCUT2D eigenvalue weighted by Gasteiger charge is 2.04. The first-order valence-electron chi connectivity index (χ1n) is 5.45. The lowest BCUT2D eigenvalue weighted by atomic mass is 10.2. The molecule has 0 radical (unpaired) electrons. The van der Waals surface area contributed by atoms with Crippen LogP contribution in [-0.2, 0) is 18.3 Å². The van der Waals surface area contributed by atoms with E-state index in [1.165, 1.54) is 0 Å². The summed E-state index contributed by atoms with van der Waals surface area (Å²) in [6.45, 7) is 3.69. The number of nitriles is 1. The summed E-state index contributed by atoms with van der Waals surface area (Å²) in [6, 6.07) is 4.49. The van der Waals surface area contributed by atoms with Gasteiger partial charge in [-0.15, -0.1) is 0 Å². The molecule has 1 aromatic rings. The second kappa shape index (κ2) is 6.31. The van der Waals surface area contributed by atoms with E-state index in [0.29, 0.717) is 11.7 Å². The number of hydrogen-bond acceptors (Lipinski definition) is 3. The average Bonchev–Trinajstić information content (AvgIpc) is 2.64. The van der Waals surface area contributed by atoms with E-state index in [2.05, 4.69) is 18.3 Å². The van der Waals surface area contributed by atoms with Crippen molar-refractivity contribution in [3.05, 3.63) is 23.5 Å². The monoisotopic (exact) mass is 221 g/mol. The van der Waals surface area contributed by atoms with E-state index in [1.807, 2.05) is 23.9 Å². The Hall–Kier alpha value is -1.31. The van der Waals surface area contributed by atoms with Crippen molar-refractivity contribution >= 4 is 0 Å². The van der Waals surface area contributed by atoms with Crippen molar-refractivity contribution in [3.63, 3.8) is 0 Å². The van der Waals surface area contributed by atoms with Crippen LogP contribution in [0.3, 0.4) is 0 Å². The topological polar surface area (TPSA) is 50.0 Å². The summed E-state index contributed by atoms with van der Waals surface area (Å²) in [5.74, 6) is 0. The van der Waals surface area contributed by atoms with Gasteiger partial charge in [-0.3, -0.25) is 0 Å². The first kappa shape index (κ1) is 12.8. The zero-order valence-electron chi connectivity index (χ0n) is 10.2. The van der Waals surface area contributed by atoms with Crippen molar-refractivity contribution in [2.45, 2.75) is 25.9 Å². The minimum atomic E-state index is 0.422. The van der Waals surface area contributed by atoms with Crippen LogP contribution < -0.4 is 5.32 Å². The number of ether oxygens (including phenoxy) is 1. The van der Waals surface area contributed by atoms with Gasteiger partial charge in [0, 0.05) is 39.5 Å². The molecule has 1 atom stereocenters. The molecule has 0 bridgehead atoms. The molecule has 1 N–H and O–H groups in total. The van der Waals surface area contributed by atoms with E-state index < -0.39 is 0 Å². The fraction of sp³-hybridized carbons (Fsp3) is 0.583. The lowest BCUT2D eigenvalue weighted by molar-refractivity contribution is 0.184. The minimum Gasteiger partial charge on any atom is -0.385 e. The summed E-state index contributed by atoms with van der Waals surface area (Å²) in [5, 5.41) is 12.2. The molecule has 0 saturated carbocycles. The number of nitrogens with zero attached hydrogens (tertiary/aromatic N) is 2. The smallest absolute Gasteiger partial charge is 0.120 e. The first-order valence-corrected chi connectivity index (χ1v) is 5.45. The third-order valence-electron chi connectivity index (χ3n) is 2.59. The summed E-state index contributed by atoms with van der Waals surface area (Å²) in [4.78, 5) is 0. The van der Waals surface area contributed by atoms with Crippen molar-refractivity contribution in [3.8, 4) is 6.07 Å². The molecule has 0 aliphatic heterocycles. The highest BCUT2D eigenvalue weighted by atomic mass is 16.5. The molecule has 0 amide bonds. The zero-order chi connectivity index (χ0) is 12.0. The minimum absolute atomic E-state index is 0.422. The van der Waals surface area contributed by atoms with Crippen molar-refractivity contribution in [2.24, 2.45) is 7.05 Å². The van der Waals surface area contributed by atoms with Gasteiger partial charge in [-0.25, -0.2) is 0 Å². The Balaban J connectivity index is 2.40. The largest absolute Gasteiger partial charge is 0.385 e. The van der Waals surface area contributed by atoms with Gasteiger partial charge in [0.1, 0.15) is 11.8 Å². The molecule has 4 nitrogen and oxygen atoms in total. The predicted octanol–water partition coefficient (Wildman–Crippen LogP) is 1.41. The molecule has 0 fully saturated rings. The molecule has 0 aliphatic rings. The maximum absolute atomic E-state index is 8.82. The van der Waals surface area contributed by atoms with Crippen LogP contribution in [0.5, 0.6) is 0 Å². The van der Waals surface area contributed by atoms with Crippen LogP contribution in [0, 0.1) is 11.3 Å². The Morgan fingerprint density at radius 1 is 1.62 bits per heavy atom. The van der Waals surface area contributed by atoms with Crippen molar-refractivity contribution < 1.29 is 4.74 Å². The first-order chi connectivity index (χ1) is 7.67. The summed E-state index contributed by atoms with van der Waals surface area (Å²) in [5.41, 5.74) is 1.84. The van der Waals surface area contributed by atoms with Gasteiger partial charge in [-0.1, -0.05) is 0 Å². The molecule has 1 heterocycles. The van der Waals surface area contributed by atoms with E-state index in [4.69, 9.17) is 10.00 Å². The van der Waals surface area contributed by atoms with Crippen LogP contribution in [0.1, 0.15) is 24.6 Å². The van der Waals surface area contributed by atoms with Crippen LogP contribution in [0.15, 0.2) is 12.3 Å². The Labute approximate surface area is 96.8 Å². The van der Waals surface area contributed by atoms with Crippen LogP contribution in [0.4, 0.5) is 0 Å². The normalized spacial score (nSPS) is 12.4. The van der Waals surface area contributed by atoms with Gasteiger partial charge in [0.25, 0.3) is 0 Å². The highest BCUT2D eigenvalue weighted by Crippen LogP contribution is 2.06. The van der Waals surface area contributed by atoms with Gasteiger partial charge >= 0.3 is 0 Å². The van der Waals surface area contributed by atoms with Gasteiger partial charge in [0.15, 0.2) is 0 Å². The van der Waals surface area contributed by atoms with Gasteiger partial charge < -0.3 is 14.6 Å². The quantitative estimate of drug-likeness (QED) is 0.790. The SMILES string of the molecule is COCCC(C)NCc1cc(C#N)n(C)c1. The third-order valence-corrected chi connectivity index (χ3v) is 2.59. The summed E-state index contributed by atoms with van der Waals surface area (Å²) in [7, 11) is 3.60. The van der Waals surface area contributed by atoms with E-state index in [-0.39, 0.29) is 0 Å². The summed E-state index contributed by atoms with van der Waals surface area (Å²) >= 11 is 0. The summed E-state index contributed by atoms with van der Waals surface area (Å²) in [6.07, 6.45) is 2.98. The summed E-state index contributed by atoms with van der Waals surface area (Å²) < 4.78 is 6.86. The molecule has 1 unspecified atom stereocenters. The second-order valence-electron chi connectivity index (χ2n) is 4.02. The number of nitrogens with one attached hydrogen (secondary N) is 1. The zero-order valence-corrected chi connectivity index (χ0v) is 10.2. The van der Waals surface area contributed by atoms with Crippen molar-refractivity contribution in [2.75, 3.05) is 13.7 Å². The predicted molar refractivity (Wildman–Crippen MR) is 62.9 cm³/mol. The van der Waals surface area contributed by atoms with E-state index in [9.17, 15) is 0 Å². The lowest BCUT2D eigenvalue weighted by Crippen LogP contribution is -2.26. The van der Waals surface area contributed by atoms with Crippen molar-refractivity contribution in [1.29, 1.82) is 5.26 Å². The van der Waals surface area contributed by atoms with Crippen molar-refractivity contribution in [1.82, 2.24) is 9.88 Å². The van der Waals surface area contributed by atoms with Gasteiger partial charge in [-0.05, 0) is 25.0 Å². The molecule has 1 rings (SSSR count). The second-order valence-corrected chi connectivity index (χ2v) is 4.02. The molecule has 4 heteroatoms. The standard InChI is InChI=1S/C12H19N3O/c1-10(4-5-16-3)14-8-11-6-12(7-13)15(2)9-11/h6,9-10,14H,4-5,8H2,1-3H3. The Bertz CT molecular complexity index is 365. The van der Waals surface area contributed by atoms with Crippen LogP contribution in [0.2, 0.25) is 0 Å². The number of aryl methyl sites for hydroxylation is 1. The molecule has 0 aliphatic carbocycles. The Kier molecular flexibility index (Phi) is 5.03. The van der Waals surface area contributed by atoms with E-state index in [0.717, 1.165) is 25.1 Å². The Morgan fingerprint density at radius 3 is 2.94 bits per heavy atom. The molecule has 0 aromatic carbocycles. The van der Waals surface area contributed by atoms with Crippen LogP contribution >= 0.6 is 0 Å². The van der Waals surface area contributed by atoms with Crippen LogP contribution in [-0.4, -0.2) is 24.3 Å². The fourth-order valence-corrected chi connectivity index (χ4v) is 1.53. The van der Waals surface area contributed by atoms with Gasteiger partial charge in [0.05, 0.1) is 0 Å². The van der Waals surface area contributed by atoms with Gasteiger partial charge in [0.2, 0.25) is 0 Å². The molecule has 1 aromatic heterocycles. The average molecular weight is 221 g/mol. The number of methoxy groups -OCH3 is 1. The third kappa shape index (κ3) is 3.69.